The van der Waals surface area contributed by atoms with Crippen LogP contribution in [-0.2, 0) is 11.4 Å². The smallest absolute Gasteiger partial charge is 0.217 e. The fourth-order valence-electron chi connectivity index (χ4n) is 2.60. The molecule has 1 atom stereocenters. The molecule has 7 nitrogen and oxygen atoms in total. The van der Waals surface area contributed by atoms with Gasteiger partial charge in [-0.05, 0) is 43.7 Å². The van der Waals surface area contributed by atoms with Crippen molar-refractivity contribution in [1.29, 1.82) is 0 Å². The summed E-state index contributed by atoms with van der Waals surface area (Å²) in [6.07, 6.45) is 1.74. The average Bonchev–Trinajstić information content (AvgIpc) is 3.06. The molecule has 0 saturated heterocycles. The summed E-state index contributed by atoms with van der Waals surface area (Å²) in [4.78, 5) is 25.5. The zero-order valence-electron chi connectivity index (χ0n) is 15.4. The van der Waals surface area contributed by atoms with E-state index in [1.165, 1.54) is 18.3 Å². The van der Waals surface area contributed by atoms with Gasteiger partial charge in [0.25, 0.3) is 0 Å². The molecule has 0 radical (unpaired) electrons. The minimum absolute atomic E-state index is 0.125. The number of aryl methyl sites for hydroxylation is 1. The Balaban J connectivity index is 1.90. The maximum Gasteiger partial charge on any atom is 0.217 e. The molecule has 1 unspecified atom stereocenters. The first-order chi connectivity index (χ1) is 13.0. The van der Waals surface area contributed by atoms with Crippen LogP contribution >= 0.6 is 11.3 Å². The van der Waals surface area contributed by atoms with Gasteiger partial charge in [-0.3, -0.25) is 4.79 Å². The number of carbonyl (C=O) groups excluding carboxylic acids is 1. The number of aliphatic hydroxyl groups excluding tert-OH is 1. The number of amides is 1. The predicted molar refractivity (Wildman–Crippen MR) is 106 cm³/mol. The monoisotopic (exact) mass is 383 g/mol. The summed E-state index contributed by atoms with van der Waals surface area (Å²) in [5.41, 5.74) is 2.35. The van der Waals surface area contributed by atoms with Crippen molar-refractivity contribution in [2.45, 2.75) is 33.4 Å². The number of hydrogen-bond donors (Lipinski definition) is 3. The van der Waals surface area contributed by atoms with Gasteiger partial charge in [0.05, 0.1) is 28.9 Å². The summed E-state index contributed by atoms with van der Waals surface area (Å²) >= 11 is 1.41. The average molecular weight is 383 g/mol. The number of aliphatic hydroxyl groups is 1. The van der Waals surface area contributed by atoms with E-state index in [1.807, 2.05) is 44.2 Å². The van der Waals surface area contributed by atoms with Gasteiger partial charge in [0.2, 0.25) is 5.91 Å². The van der Waals surface area contributed by atoms with Gasteiger partial charge in [-0.2, -0.15) is 0 Å². The number of hydrogen-bond acceptors (Lipinski definition) is 7. The number of carbonyl (C=O) groups is 1. The van der Waals surface area contributed by atoms with E-state index in [0.29, 0.717) is 23.0 Å². The molecule has 8 heteroatoms. The lowest BCUT2D eigenvalue weighted by atomic mass is 10.2. The topological polar surface area (TPSA) is 100 Å². The number of thiazole rings is 1. The van der Waals surface area contributed by atoms with Gasteiger partial charge < -0.3 is 15.7 Å². The molecule has 3 N–H and O–H groups in total. The van der Waals surface area contributed by atoms with Crippen LogP contribution < -0.4 is 10.6 Å². The zero-order valence-corrected chi connectivity index (χ0v) is 16.2. The third kappa shape index (κ3) is 4.66. The molecular weight excluding hydrogens is 362 g/mol. The molecule has 0 aromatic carbocycles. The highest BCUT2D eigenvalue weighted by molar-refractivity contribution is 7.15. The van der Waals surface area contributed by atoms with Gasteiger partial charge in [-0.1, -0.05) is 6.07 Å². The Morgan fingerprint density at radius 2 is 2.07 bits per heavy atom. The number of rotatable bonds is 6. The van der Waals surface area contributed by atoms with Crippen molar-refractivity contribution >= 4 is 28.9 Å². The van der Waals surface area contributed by atoms with E-state index < -0.39 is 0 Å². The van der Waals surface area contributed by atoms with Crippen LogP contribution in [0.2, 0.25) is 0 Å². The third-order valence-electron chi connectivity index (χ3n) is 3.81. The van der Waals surface area contributed by atoms with Crippen LogP contribution in [0.15, 0.2) is 36.5 Å². The van der Waals surface area contributed by atoms with E-state index in [-0.39, 0.29) is 18.6 Å². The highest BCUT2D eigenvalue weighted by Crippen LogP contribution is 2.33. The second-order valence-corrected chi connectivity index (χ2v) is 7.19. The molecule has 0 bridgehead atoms. The van der Waals surface area contributed by atoms with Crippen LogP contribution in [0.25, 0.3) is 10.6 Å². The molecule has 0 fully saturated rings. The molecule has 0 aliphatic rings. The van der Waals surface area contributed by atoms with E-state index in [1.54, 1.807) is 6.20 Å². The fraction of sp³-hybridized carbons (Fsp3) is 0.263. The van der Waals surface area contributed by atoms with Crippen LogP contribution in [0.1, 0.15) is 36.2 Å². The number of pyridine rings is 2. The van der Waals surface area contributed by atoms with Crippen molar-refractivity contribution in [3.63, 3.8) is 0 Å². The fourth-order valence-corrected chi connectivity index (χ4v) is 3.64. The summed E-state index contributed by atoms with van der Waals surface area (Å²) in [6, 6.07) is 9.25. The quantitative estimate of drug-likeness (QED) is 0.604. The molecule has 3 aromatic heterocycles. The first-order valence-electron chi connectivity index (χ1n) is 8.51. The Morgan fingerprint density at radius 1 is 1.26 bits per heavy atom. The van der Waals surface area contributed by atoms with Crippen molar-refractivity contribution in [3.05, 3.63) is 52.8 Å². The van der Waals surface area contributed by atoms with Crippen LogP contribution in [0, 0.1) is 6.92 Å². The van der Waals surface area contributed by atoms with Gasteiger partial charge in [0, 0.05) is 13.1 Å². The minimum atomic E-state index is -0.232. The third-order valence-corrected chi connectivity index (χ3v) is 5.11. The summed E-state index contributed by atoms with van der Waals surface area (Å²) in [7, 11) is 0. The van der Waals surface area contributed by atoms with Gasteiger partial charge in [-0.25, -0.2) is 15.0 Å². The van der Waals surface area contributed by atoms with Crippen molar-refractivity contribution in [1.82, 2.24) is 20.3 Å². The molecule has 3 rings (SSSR count). The number of anilines is 2. The van der Waals surface area contributed by atoms with Crippen molar-refractivity contribution in [3.8, 4) is 10.6 Å². The van der Waals surface area contributed by atoms with Crippen molar-refractivity contribution < 1.29 is 9.90 Å². The first kappa shape index (κ1) is 18.9. The molecule has 140 valence electrons. The second kappa shape index (κ2) is 8.24. The lowest BCUT2D eigenvalue weighted by Gasteiger charge is -2.08. The molecule has 3 heterocycles. The normalized spacial score (nSPS) is 11.9. The van der Waals surface area contributed by atoms with Gasteiger partial charge in [-0.15, -0.1) is 11.3 Å². The molecular formula is C19H21N5O2S. The maximum absolute atomic E-state index is 11.3. The number of nitrogens with one attached hydrogen (secondary N) is 2. The predicted octanol–water partition coefficient (Wildman–Crippen LogP) is 3.34. The number of aromatic nitrogens is 3. The summed E-state index contributed by atoms with van der Waals surface area (Å²) < 4.78 is 0. The Labute approximate surface area is 161 Å². The van der Waals surface area contributed by atoms with Crippen LogP contribution in [0.3, 0.4) is 0 Å². The Morgan fingerprint density at radius 3 is 2.78 bits per heavy atom. The molecule has 3 aromatic rings. The Kier molecular flexibility index (Phi) is 5.78. The maximum atomic E-state index is 11.3. The van der Waals surface area contributed by atoms with E-state index in [0.717, 1.165) is 15.4 Å². The zero-order chi connectivity index (χ0) is 19.4. The molecule has 0 aliphatic heterocycles. The summed E-state index contributed by atoms with van der Waals surface area (Å²) in [6.45, 7) is 5.13. The largest absolute Gasteiger partial charge is 0.390 e. The minimum Gasteiger partial charge on any atom is -0.390 e. The van der Waals surface area contributed by atoms with E-state index in [4.69, 9.17) is 0 Å². The molecule has 1 amide bonds. The highest BCUT2D eigenvalue weighted by Gasteiger charge is 2.18. The van der Waals surface area contributed by atoms with Crippen LogP contribution in [-0.4, -0.2) is 26.0 Å². The Bertz CT molecular complexity index is 957. The van der Waals surface area contributed by atoms with E-state index >= 15 is 0 Å². The van der Waals surface area contributed by atoms with Crippen molar-refractivity contribution in [2.75, 3.05) is 5.32 Å². The summed E-state index contributed by atoms with van der Waals surface area (Å²) in [5.74, 6) is 1.24. The van der Waals surface area contributed by atoms with E-state index in [9.17, 15) is 9.90 Å². The lowest BCUT2D eigenvalue weighted by Crippen LogP contribution is -2.23. The second-order valence-electron chi connectivity index (χ2n) is 6.16. The van der Waals surface area contributed by atoms with E-state index in [2.05, 4.69) is 25.6 Å². The Hall–Kier alpha value is -2.84. The van der Waals surface area contributed by atoms with Gasteiger partial charge in [0.15, 0.2) is 0 Å². The highest BCUT2D eigenvalue weighted by atomic mass is 32.1. The summed E-state index contributed by atoms with van der Waals surface area (Å²) in [5, 5.41) is 16.4. The van der Waals surface area contributed by atoms with Crippen LogP contribution in [0.5, 0.6) is 0 Å². The first-order valence-corrected chi connectivity index (χ1v) is 9.32. The van der Waals surface area contributed by atoms with Crippen molar-refractivity contribution in [2.24, 2.45) is 0 Å². The molecule has 0 saturated carbocycles. The molecule has 27 heavy (non-hydrogen) atoms. The lowest BCUT2D eigenvalue weighted by molar-refractivity contribution is -0.119. The van der Waals surface area contributed by atoms with Gasteiger partial charge in [0.1, 0.15) is 16.6 Å². The standard InChI is InChI=1S/C19H21N5O2S/c1-11-7-8-20-17(9-11)24-16-6-4-5-14(22-16)18-15(10-25)23-19(27-18)12(2)21-13(3)26/h4-9,12,25H,10H2,1-3H3,(H,21,26)(H,20,22,24). The number of nitrogens with zero attached hydrogens (tertiary/aromatic N) is 3. The van der Waals surface area contributed by atoms with Crippen LogP contribution in [0.4, 0.5) is 11.6 Å². The molecule has 0 aliphatic carbocycles. The SMILES string of the molecule is CC(=O)NC(C)c1nc(CO)c(-c2cccc(Nc3cc(C)ccn3)n2)s1. The molecule has 0 spiro atoms. The van der Waals surface area contributed by atoms with Gasteiger partial charge >= 0.3 is 0 Å².